The summed E-state index contributed by atoms with van der Waals surface area (Å²) in [6.07, 6.45) is 4.24. The first-order chi connectivity index (χ1) is 9.74. The number of likely N-dealkylation sites (N-methyl/N-ethyl adjacent to an activating group) is 1. The molecule has 2 heterocycles. The summed E-state index contributed by atoms with van der Waals surface area (Å²) in [5.74, 6) is 0.176. The van der Waals surface area contributed by atoms with Crippen LogP contribution in [0.25, 0.3) is 0 Å². The van der Waals surface area contributed by atoms with Gasteiger partial charge in [0.2, 0.25) is 5.91 Å². The lowest BCUT2D eigenvalue weighted by molar-refractivity contribution is -0.132. The van der Waals surface area contributed by atoms with Crippen molar-refractivity contribution in [2.45, 2.75) is 37.8 Å². The SMILES string of the molecule is CN(CC1CCCO1)C(=O)C1CCc2ccccc2N1. The molecule has 3 rings (SSSR count). The molecule has 0 saturated carbocycles. The first-order valence-corrected chi connectivity index (χ1v) is 7.45. The fourth-order valence-corrected chi connectivity index (χ4v) is 3.07. The van der Waals surface area contributed by atoms with Crippen molar-refractivity contribution in [2.24, 2.45) is 0 Å². The van der Waals surface area contributed by atoms with Gasteiger partial charge < -0.3 is 15.0 Å². The quantitative estimate of drug-likeness (QED) is 0.917. The third kappa shape index (κ3) is 2.80. The molecule has 0 spiro atoms. The summed E-state index contributed by atoms with van der Waals surface area (Å²) < 4.78 is 5.60. The van der Waals surface area contributed by atoms with Crippen molar-refractivity contribution in [1.82, 2.24) is 4.90 Å². The van der Waals surface area contributed by atoms with Crippen molar-refractivity contribution in [1.29, 1.82) is 0 Å². The Kier molecular flexibility index (Phi) is 3.92. The van der Waals surface area contributed by atoms with Crippen LogP contribution in [0.1, 0.15) is 24.8 Å². The molecule has 2 unspecified atom stereocenters. The lowest BCUT2D eigenvalue weighted by Gasteiger charge is -2.30. The van der Waals surface area contributed by atoms with Crippen LogP contribution in [0.4, 0.5) is 5.69 Å². The van der Waals surface area contributed by atoms with E-state index < -0.39 is 0 Å². The second-order valence-corrected chi connectivity index (χ2v) is 5.75. The van der Waals surface area contributed by atoms with Crippen LogP contribution in [0, 0.1) is 0 Å². The highest BCUT2D eigenvalue weighted by atomic mass is 16.5. The van der Waals surface area contributed by atoms with Gasteiger partial charge in [-0.25, -0.2) is 0 Å². The molecular weight excluding hydrogens is 252 g/mol. The van der Waals surface area contributed by atoms with Crippen LogP contribution in [0.15, 0.2) is 24.3 Å². The number of nitrogens with zero attached hydrogens (tertiary/aromatic N) is 1. The fourth-order valence-electron chi connectivity index (χ4n) is 3.07. The van der Waals surface area contributed by atoms with Crippen molar-refractivity contribution in [3.8, 4) is 0 Å². The van der Waals surface area contributed by atoms with Crippen LogP contribution >= 0.6 is 0 Å². The van der Waals surface area contributed by atoms with E-state index in [4.69, 9.17) is 4.74 Å². The summed E-state index contributed by atoms with van der Waals surface area (Å²) in [6, 6.07) is 8.13. The lowest BCUT2D eigenvalue weighted by atomic mass is 9.97. The number of ether oxygens (including phenoxy) is 1. The number of aryl methyl sites for hydroxylation is 1. The Bertz CT molecular complexity index is 483. The fraction of sp³-hybridized carbons (Fsp3) is 0.562. The number of rotatable bonds is 3. The number of carbonyl (C=O) groups is 1. The summed E-state index contributed by atoms with van der Waals surface area (Å²) in [4.78, 5) is 14.3. The van der Waals surface area contributed by atoms with Gasteiger partial charge in [0.05, 0.1) is 6.10 Å². The molecule has 0 aromatic heterocycles. The average Bonchev–Trinajstić information content (AvgIpc) is 2.99. The molecule has 0 aliphatic carbocycles. The smallest absolute Gasteiger partial charge is 0.244 e. The third-order valence-electron chi connectivity index (χ3n) is 4.23. The predicted octanol–water partition coefficient (Wildman–Crippen LogP) is 2.05. The van der Waals surface area contributed by atoms with Gasteiger partial charge in [-0.1, -0.05) is 18.2 Å². The summed E-state index contributed by atoms with van der Waals surface area (Å²) in [6.45, 7) is 1.54. The summed E-state index contributed by atoms with van der Waals surface area (Å²) in [7, 11) is 1.88. The van der Waals surface area contributed by atoms with Crippen LogP contribution in [-0.4, -0.2) is 43.2 Å². The number of benzene rings is 1. The van der Waals surface area contributed by atoms with Crippen LogP contribution in [0.2, 0.25) is 0 Å². The first-order valence-electron chi connectivity index (χ1n) is 7.45. The van der Waals surface area contributed by atoms with Gasteiger partial charge in [-0.05, 0) is 37.3 Å². The summed E-state index contributed by atoms with van der Waals surface area (Å²) in [5, 5.41) is 3.37. The van der Waals surface area contributed by atoms with Crippen molar-refractivity contribution < 1.29 is 9.53 Å². The molecule has 4 nitrogen and oxygen atoms in total. The topological polar surface area (TPSA) is 41.6 Å². The zero-order chi connectivity index (χ0) is 13.9. The van der Waals surface area contributed by atoms with Crippen molar-refractivity contribution in [3.05, 3.63) is 29.8 Å². The van der Waals surface area contributed by atoms with E-state index in [2.05, 4.69) is 17.4 Å². The molecule has 1 aromatic carbocycles. The molecule has 0 radical (unpaired) electrons. The van der Waals surface area contributed by atoms with Crippen molar-refractivity contribution >= 4 is 11.6 Å². The summed E-state index contributed by atoms with van der Waals surface area (Å²) in [5.41, 5.74) is 2.40. The Morgan fingerprint density at radius 1 is 1.40 bits per heavy atom. The molecule has 2 aliphatic heterocycles. The maximum absolute atomic E-state index is 12.5. The molecule has 4 heteroatoms. The van der Waals surface area contributed by atoms with E-state index >= 15 is 0 Å². The van der Waals surface area contributed by atoms with E-state index in [1.807, 2.05) is 24.1 Å². The van der Waals surface area contributed by atoms with E-state index in [0.29, 0.717) is 6.54 Å². The minimum absolute atomic E-state index is 0.101. The third-order valence-corrected chi connectivity index (χ3v) is 4.23. The van der Waals surface area contributed by atoms with Gasteiger partial charge >= 0.3 is 0 Å². The van der Waals surface area contributed by atoms with E-state index in [9.17, 15) is 4.79 Å². The molecule has 1 amide bonds. The Labute approximate surface area is 120 Å². The standard InChI is InChI=1S/C16H22N2O2/c1-18(11-13-6-4-10-20-13)16(19)15-9-8-12-5-2-3-7-14(12)17-15/h2-3,5,7,13,15,17H,4,6,8-11H2,1H3. The Hall–Kier alpha value is -1.55. The van der Waals surface area contributed by atoms with Gasteiger partial charge in [0.1, 0.15) is 6.04 Å². The highest BCUT2D eigenvalue weighted by Gasteiger charge is 2.28. The highest BCUT2D eigenvalue weighted by Crippen LogP contribution is 2.25. The molecule has 0 bridgehead atoms. The number of nitrogens with one attached hydrogen (secondary N) is 1. The molecule has 1 fully saturated rings. The first kappa shape index (κ1) is 13.4. The summed E-state index contributed by atoms with van der Waals surface area (Å²) >= 11 is 0. The zero-order valence-corrected chi connectivity index (χ0v) is 12.0. The largest absolute Gasteiger partial charge is 0.376 e. The molecule has 1 N–H and O–H groups in total. The number of para-hydroxylation sites is 1. The van der Waals surface area contributed by atoms with Crippen molar-refractivity contribution in [2.75, 3.05) is 25.5 Å². The maximum Gasteiger partial charge on any atom is 0.244 e. The Morgan fingerprint density at radius 3 is 3.05 bits per heavy atom. The maximum atomic E-state index is 12.5. The molecule has 20 heavy (non-hydrogen) atoms. The molecule has 1 saturated heterocycles. The van der Waals surface area contributed by atoms with Gasteiger partial charge in [-0.2, -0.15) is 0 Å². The second kappa shape index (κ2) is 5.83. The number of carbonyl (C=O) groups excluding carboxylic acids is 1. The van der Waals surface area contributed by atoms with Crippen molar-refractivity contribution in [3.63, 3.8) is 0 Å². The average molecular weight is 274 g/mol. The minimum Gasteiger partial charge on any atom is -0.376 e. The highest BCUT2D eigenvalue weighted by molar-refractivity contribution is 5.85. The number of fused-ring (bicyclic) bond motifs is 1. The van der Waals surface area contributed by atoms with Crippen LogP contribution in [0.5, 0.6) is 0 Å². The predicted molar refractivity (Wildman–Crippen MR) is 78.8 cm³/mol. The van der Waals surface area contributed by atoms with E-state index in [0.717, 1.165) is 38.0 Å². The number of hydrogen-bond donors (Lipinski definition) is 1. The normalized spacial score (nSPS) is 24.9. The molecule has 2 atom stereocenters. The Balaban J connectivity index is 1.60. The van der Waals surface area contributed by atoms with Gasteiger partial charge in [0, 0.05) is 25.9 Å². The minimum atomic E-state index is -0.101. The van der Waals surface area contributed by atoms with Crippen LogP contribution < -0.4 is 5.32 Å². The lowest BCUT2D eigenvalue weighted by Crippen LogP contribution is -2.45. The van der Waals surface area contributed by atoms with Gasteiger partial charge in [0.15, 0.2) is 0 Å². The molecule has 1 aromatic rings. The monoisotopic (exact) mass is 274 g/mol. The number of amides is 1. The molecular formula is C16H22N2O2. The second-order valence-electron chi connectivity index (χ2n) is 5.75. The molecule has 108 valence electrons. The molecule has 2 aliphatic rings. The number of hydrogen-bond acceptors (Lipinski definition) is 3. The van der Waals surface area contributed by atoms with Gasteiger partial charge in [-0.3, -0.25) is 4.79 Å². The van der Waals surface area contributed by atoms with Crippen LogP contribution in [-0.2, 0) is 16.0 Å². The van der Waals surface area contributed by atoms with Crippen LogP contribution in [0.3, 0.4) is 0 Å². The van der Waals surface area contributed by atoms with E-state index in [1.54, 1.807) is 0 Å². The number of anilines is 1. The Morgan fingerprint density at radius 2 is 2.25 bits per heavy atom. The zero-order valence-electron chi connectivity index (χ0n) is 12.0. The van der Waals surface area contributed by atoms with E-state index in [-0.39, 0.29) is 18.1 Å². The van der Waals surface area contributed by atoms with E-state index in [1.165, 1.54) is 5.56 Å². The van der Waals surface area contributed by atoms with Gasteiger partial charge in [-0.15, -0.1) is 0 Å². The van der Waals surface area contributed by atoms with Gasteiger partial charge in [0.25, 0.3) is 0 Å².